The van der Waals surface area contributed by atoms with Crippen molar-refractivity contribution in [2.45, 2.75) is 65.1 Å². The van der Waals surface area contributed by atoms with Gasteiger partial charge in [-0.25, -0.2) is 9.67 Å². The Kier molecular flexibility index (Phi) is 4.26. The Morgan fingerprint density at radius 1 is 1.32 bits per heavy atom. The zero-order chi connectivity index (χ0) is 13.9. The zero-order valence-corrected chi connectivity index (χ0v) is 12.3. The topological polar surface area (TPSA) is 63.0 Å². The highest BCUT2D eigenvalue weighted by Gasteiger charge is 2.36. The first-order valence-electron chi connectivity index (χ1n) is 7.24. The van der Waals surface area contributed by atoms with Crippen LogP contribution >= 0.6 is 0 Å². The summed E-state index contributed by atoms with van der Waals surface area (Å²) < 4.78 is 1.88. The lowest BCUT2D eigenvalue weighted by Crippen LogP contribution is -2.45. The summed E-state index contributed by atoms with van der Waals surface area (Å²) in [5.41, 5.74) is -0.165. The van der Waals surface area contributed by atoms with Crippen LogP contribution in [0.4, 0.5) is 0 Å². The molecule has 0 bridgehead atoms. The van der Waals surface area contributed by atoms with E-state index in [1.54, 1.807) is 6.33 Å². The maximum Gasteiger partial charge on any atom is 0.140 e. The van der Waals surface area contributed by atoms with E-state index in [1.807, 2.05) is 4.68 Å². The maximum absolute atomic E-state index is 10.6. The molecule has 0 saturated heterocycles. The van der Waals surface area contributed by atoms with E-state index in [0.717, 1.165) is 38.1 Å². The average Bonchev–Trinajstić information content (AvgIpc) is 2.81. The summed E-state index contributed by atoms with van der Waals surface area (Å²) in [7, 11) is 0. The number of aliphatic hydroxyl groups is 1. The minimum atomic E-state index is -0.549. The molecule has 1 aromatic rings. The van der Waals surface area contributed by atoms with E-state index < -0.39 is 5.60 Å². The van der Waals surface area contributed by atoms with E-state index in [9.17, 15) is 5.11 Å². The molecule has 0 aromatic carbocycles. The molecule has 0 atom stereocenters. The van der Waals surface area contributed by atoms with Gasteiger partial charge in [0.2, 0.25) is 0 Å². The third kappa shape index (κ3) is 3.76. The first kappa shape index (κ1) is 14.5. The highest BCUT2D eigenvalue weighted by molar-refractivity contribution is 4.92. The molecule has 1 aliphatic rings. The number of hydrogen-bond acceptors (Lipinski definition) is 4. The van der Waals surface area contributed by atoms with Gasteiger partial charge < -0.3 is 10.4 Å². The van der Waals surface area contributed by atoms with E-state index in [-0.39, 0.29) is 0 Å². The maximum atomic E-state index is 10.6. The third-order valence-electron chi connectivity index (χ3n) is 4.27. The summed E-state index contributed by atoms with van der Waals surface area (Å²) in [4.78, 5) is 4.22. The van der Waals surface area contributed by atoms with Crippen molar-refractivity contribution in [3.05, 3.63) is 12.2 Å². The van der Waals surface area contributed by atoms with Crippen LogP contribution in [0.2, 0.25) is 0 Å². The van der Waals surface area contributed by atoms with Gasteiger partial charge in [-0.2, -0.15) is 5.10 Å². The molecule has 0 amide bonds. The highest BCUT2D eigenvalue weighted by atomic mass is 16.3. The summed E-state index contributed by atoms with van der Waals surface area (Å²) in [5.74, 6) is 0.933. The van der Waals surface area contributed by atoms with E-state index in [2.05, 4.69) is 36.2 Å². The summed E-state index contributed by atoms with van der Waals surface area (Å²) in [6.07, 6.45) is 5.53. The second-order valence-electron chi connectivity index (χ2n) is 6.48. The van der Waals surface area contributed by atoms with Gasteiger partial charge in [-0.1, -0.05) is 13.8 Å². The fourth-order valence-corrected chi connectivity index (χ4v) is 2.67. The molecule has 2 N–H and O–H groups in total. The largest absolute Gasteiger partial charge is 0.389 e. The summed E-state index contributed by atoms with van der Waals surface area (Å²) in [6, 6.07) is 0. The van der Waals surface area contributed by atoms with Gasteiger partial charge in [-0.15, -0.1) is 0 Å². The molecule has 0 radical (unpaired) electrons. The standard InChI is InChI=1S/C14H26N4O/c1-4-18-12(16-11-17-18)9-15-10-14(19)7-5-13(2,3)6-8-14/h11,15,19H,4-10H2,1-3H3. The lowest BCUT2D eigenvalue weighted by atomic mass is 9.71. The second-order valence-corrected chi connectivity index (χ2v) is 6.48. The van der Waals surface area contributed by atoms with E-state index >= 15 is 0 Å². The smallest absolute Gasteiger partial charge is 0.140 e. The Labute approximate surface area is 115 Å². The summed E-state index contributed by atoms with van der Waals surface area (Å²) in [6.45, 7) is 8.75. The SMILES string of the molecule is CCn1ncnc1CNCC1(O)CCC(C)(C)CC1. The van der Waals surface area contributed by atoms with Gasteiger partial charge in [0.05, 0.1) is 12.1 Å². The number of rotatable bonds is 5. The molecule has 1 heterocycles. The van der Waals surface area contributed by atoms with Gasteiger partial charge >= 0.3 is 0 Å². The molecule has 0 spiro atoms. The van der Waals surface area contributed by atoms with Crippen LogP contribution < -0.4 is 5.32 Å². The van der Waals surface area contributed by atoms with E-state index in [4.69, 9.17) is 0 Å². The lowest BCUT2D eigenvalue weighted by molar-refractivity contribution is -0.0246. The molecule has 2 rings (SSSR count). The number of aryl methyl sites for hydroxylation is 1. The van der Waals surface area contributed by atoms with Crippen LogP contribution in [0.1, 0.15) is 52.3 Å². The Bertz CT molecular complexity index is 403. The molecule has 108 valence electrons. The van der Waals surface area contributed by atoms with Crippen LogP contribution in [0.5, 0.6) is 0 Å². The second kappa shape index (κ2) is 5.59. The van der Waals surface area contributed by atoms with Crippen LogP contribution in [0, 0.1) is 5.41 Å². The Morgan fingerprint density at radius 2 is 2.00 bits per heavy atom. The van der Waals surface area contributed by atoms with Gasteiger partial charge in [-0.3, -0.25) is 0 Å². The Hall–Kier alpha value is -0.940. The number of nitrogens with one attached hydrogen (secondary N) is 1. The molecule has 19 heavy (non-hydrogen) atoms. The van der Waals surface area contributed by atoms with Crippen LogP contribution in [0.15, 0.2) is 6.33 Å². The highest BCUT2D eigenvalue weighted by Crippen LogP contribution is 2.39. The van der Waals surface area contributed by atoms with Crippen molar-refractivity contribution < 1.29 is 5.11 Å². The zero-order valence-electron chi connectivity index (χ0n) is 12.3. The van der Waals surface area contributed by atoms with Crippen molar-refractivity contribution >= 4 is 0 Å². The number of hydrogen-bond donors (Lipinski definition) is 2. The van der Waals surface area contributed by atoms with E-state index in [1.165, 1.54) is 0 Å². The normalized spacial score (nSPS) is 21.5. The fourth-order valence-electron chi connectivity index (χ4n) is 2.67. The van der Waals surface area contributed by atoms with Crippen LogP contribution in [-0.2, 0) is 13.1 Å². The summed E-state index contributed by atoms with van der Waals surface area (Å²) in [5, 5.41) is 18.0. The van der Waals surface area contributed by atoms with Crippen molar-refractivity contribution in [1.29, 1.82) is 0 Å². The predicted octanol–water partition coefficient (Wildman–Crippen LogP) is 1.72. The molecule has 0 aliphatic heterocycles. The molecular weight excluding hydrogens is 240 g/mol. The van der Waals surface area contributed by atoms with Gasteiger partial charge in [-0.05, 0) is 38.0 Å². The molecule has 1 fully saturated rings. The van der Waals surface area contributed by atoms with Crippen LogP contribution in [0.3, 0.4) is 0 Å². The fraction of sp³-hybridized carbons (Fsp3) is 0.857. The quantitative estimate of drug-likeness (QED) is 0.852. The van der Waals surface area contributed by atoms with Gasteiger partial charge in [0.25, 0.3) is 0 Å². The predicted molar refractivity (Wildman–Crippen MR) is 74.6 cm³/mol. The first-order valence-corrected chi connectivity index (χ1v) is 7.24. The average molecular weight is 266 g/mol. The Morgan fingerprint density at radius 3 is 2.63 bits per heavy atom. The summed E-state index contributed by atoms with van der Waals surface area (Å²) >= 11 is 0. The van der Waals surface area contributed by atoms with Crippen molar-refractivity contribution in [3.63, 3.8) is 0 Å². The molecule has 5 heteroatoms. The monoisotopic (exact) mass is 266 g/mol. The third-order valence-corrected chi connectivity index (χ3v) is 4.27. The van der Waals surface area contributed by atoms with Gasteiger partial charge in [0.1, 0.15) is 12.2 Å². The van der Waals surface area contributed by atoms with Crippen molar-refractivity contribution in [2.75, 3.05) is 6.54 Å². The molecule has 5 nitrogen and oxygen atoms in total. The van der Waals surface area contributed by atoms with Crippen LogP contribution in [0.25, 0.3) is 0 Å². The molecular formula is C14H26N4O. The van der Waals surface area contributed by atoms with Crippen molar-refractivity contribution in [2.24, 2.45) is 5.41 Å². The Balaban J connectivity index is 1.80. The van der Waals surface area contributed by atoms with E-state index in [0.29, 0.717) is 18.5 Å². The number of nitrogens with zero attached hydrogens (tertiary/aromatic N) is 3. The lowest BCUT2D eigenvalue weighted by Gasteiger charge is -2.40. The van der Waals surface area contributed by atoms with Gasteiger partial charge in [0, 0.05) is 13.1 Å². The first-order chi connectivity index (χ1) is 8.94. The van der Waals surface area contributed by atoms with Crippen molar-refractivity contribution in [1.82, 2.24) is 20.1 Å². The number of aromatic nitrogens is 3. The molecule has 1 saturated carbocycles. The minimum absolute atomic E-state index is 0.384. The molecule has 0 unspecified atom stereocenters. The minimum Gasteiger partial charge on any atom is -0.389 e. The molecule has 1 aliphatic carbocycles. The van der Waals surface area contributed by atoms with Crippen LogP contribution in [-0.4, -0.2) is 32.0 Å². The van der Waals surface area contributed by atoms with Crippen molar-refractivity contribution in [3.8, 4) is 0 Å². The van der Waals surface area contributed by atoms with Gasteiger partial charge in [0.15, 0.2) is 0 Å². The molecule has 1 aromatic heterocycles.